The number of halogens is 1. The molecule has 0 amide bonds. The summed E-state index contributed by atoms with van der Waals surface area (Å²) in [4.78, 5) is 0. The number of anilines is 2. The van der Waals surface area contributed by atoms with Gasteiger partial charge in [-0.1, -0.05) is 52.3 Å². The van der Waals surface area contributed by atoms with Crippen molar-refractivity contribution >= 4 is 50.5 Å². The minimum absolute atomic E-state index is 0.0907. The summed E-state index contributed by atoms with van der Waals surface area (Å²) >= 11 is 3.53. The van der Waals surface area contributed by atoms with Gasteiger partial charge in [-0.15, -0.1) is 0 Å². The first-order valence-electron chi connectivity index (χ1n) is 6.61. The van der Waals surface area contributed by atoms with Crippen LogP contribution < -0.4 is 15.9 Å². The molecule has 1 heterocycles. The van der Waals surface area contributed by atoms with Gasteiger partial charge >= 0.3 is 6.98 Å². The first-order chi connectivity index (χ1) is 9.81. The molecule has 1 aliphatic heterocycles. The van der Waals surface area contributed by atoms with E-state index in [1.807, 2.05) is 6.07 Å². The predicted molar refractivity (Wildman–Crippen MR) is 90.7 cm³/mol. The molecule has 0 spiro atoms. The van der Waals surface area contributed by atoms with Crippen molar-refractivity contribution in [2.75, 3.05) is 10.5 Å². The van der Waals surface area contributed by atoms with Gasteiger partial charge in [0, 0.05) is 21.2 Å². The average molecular weight is 323 g/mol. The highest BCUT2D eigenvalue weighted by molar-refractivity contribution is 9.10. The van der Waals surface area contributed by atoms with Gasteiger partial charge < -0.3 is 10.5 Å². The standard InChI is InChI=1S/C16H12BBrN2/c18-13-7-3-6-12(10-13)17-19-14-8-1-4-11-5-2-9-15(20-17)16(11)14/h1-10,19-20H. The Balaban J connectivity index is 1.83. The summed E-state index contributed by atoms with van der Waals surface area (Å²) in [6.07, 6.45) is 0. The Morgan fingerprint density at radius 3 is 2.10 bits per heavy atom. The Kier molecular flexibility index (Phi) is 2.71. The Hall–Kier alpha value is -1.94. The van der Waals surface area contributed by atoms with Gasteiger partial charge in [0.2, 0.25) is 0 Å². The number of rotatable bonds is 1. The van der Waals surface area contributed by atoms with E-state index < -0.39 is 0 Å². The molecule has 1 aliphatic rings. The van der Waals surface area contributed by atoms with E-state index >= 15 is 0 Å². The molecule has 0 aliphatic carbocycles. The normalized spacial score (nSPS) is 12.9. The van der Waals surface area contributed by atoms with Crippen molar-refractivity contribution in [3.8, 4) is 0 Å². The summed E-state index contributed by atoms with van der Waals surface area (Å²) in [7, 11) is 0. The van der Waals surface area contributed by atoms with Crippen LogP contribution in [0.25, 0.3) is 10.8 Å². The highest BCUT2D eigenvalue weighted by Gasteiger charge is 2.25. The van der Waals surface area contributed by atoms with Gasteiger partial charge in [0.1, 0.15) is 0 Å². The Labute approximate surface area is 126 Å². The van der Waals surface area contributed by atoms with Crippen LogP contribution >= 0.6 is 15.9 Å². The molecule has 4 heteroatoms. The van der Waals surface area contributed by atoms with E-state index in [4.69, 9.17) is 0 Å². The number of hydrogen-bond acceptors (Lipinski definition) is 2. The molecule has 0 fully saturated rings. The van der Waals surface area contributed by atoms with Crippen LogP contribution in [0.4, 0.5) is 11.4 Å². The third-order valence-corrected chi connectivity index (χ3v) is 4.18. The third-order valence-electron chi connectivity index (χ3n) is 3.69. The maximum absolute atomic E-state index is 3.57. The number of nitrogens with one attached hydrogen (secondary N) is 2. The summed E-state index contributed by atoms with van der Waals surface area (Å²) < 4.78 is 1.09. The summed E-state index contributed by atoms with van der Waals surface area (Å²) in [5.74, 6) is 0. The molecule has 0 unspecified atom stereocenters. The molecular formula is C16H12BBrN2. The van der Waals surface area contributed by atoms with Crippen LogP contribution in [0.2, 0.25) is 0 Å². The Bertz CT molecular complexity index is 763. The maximum Gasteiger partial charge on any atom is 0.406 e. The second-order valence-corrected chi connectivity index (χ2v) is 5.90. The minimum atomic E-state index is 0.0907. The third kappa shape index (κ3) is 1.88. The maximum atomic E-state index is 3.57. The largest absolute Gasteiger partial charge is 0.406 e. The monoisotopic (exact) mass is 322 g/mol. The van der Waals surface area contributed by atoms with Crippen molar-refractivity contribution in [1.29, 1.82) is 0 Å². The zero-order valence-electron chi connectivity index (χ0n) is 10.7. The SMILES string of the molecule is Brc1cccc(B2Nc3cccc4cccc(c34)N2)c1. The molecule has 0 atom stereocenters. The van der Waals surface area contributed by atoms with Gasteiger partial charge in [0.05, 0.1) is 0 Å². The Morgan fingerprint density at radius 2 is 1.45 bits per heavy atom. The smallest absolute Gasteiger partial charge is 0.405 e. The minimum Gasteiger partial charge on any atom is -0.405 e. The lowest BCUT2D eigenvalue weighted by atomic mass is 9.66. The first kappa shape index (κ1) is 11.9. The van der Waals surface area contributed by atoms with Crippen LogP contribution in [0.3, 0.4) is 0 Å². The molecule has 2 nitrogen and oxygen atoms in total. The zero-order valence-corrected chi connectivity index (χ0v) is 12.3. The van der Waals surface area contributed by atoms with Crippen LogP contribution in [0.5, 0.6) is 0 Å². The van der Waals surface area contributed by atoms with Crippen LogP contribution in [-0.4, -0.2) is 6.98 Å². The molecule has 4 rings (SSSR count). The van der Waals surface area contributed by atoms with Crippen molar-refractivity contribution < 1.29 is 0 Å². The number of hydrogen-bond donors (Lipinski definition) is 2. The molecule has 0 saturated heterocycles. The quantitative estimate of drug-likeness (QED) is 0.665. The van der Waals surface area contributed by atoms with Crippen molar-refractivity contribution in [2.24, 2.45) is 0 Å². The summed E-state index contributed by atoms with van der Waals surface area (Å²) in [6, 6.07) is 21.1. The van der Waals surface area contributed by atoms with Gasteiger partial charge in [-0.2, -0.15) is 0 Å². The highest BCUT2D eigenvalue weighted by Crippen LogP contribution is 2.33. The van der Waals surface area contributed by atoms with Gasteiger partial charge in [0.15, 0.2) is 0 Å². The van der Waals surface area contributed by atoms with Crippen molar-refractivity contribution in [3.63, 3.8) is 0 Å². The van der Waals surface area contributed by atoms with Gasteiger partial charge in [-0.3, -0.25) is 0 Å². The van der Waals surface area contributed by atoms with Crippen LogP contribution in [0, 0.1) is 0 Å². The van der Waals surface area contributed by atoms with Crippen LogP contribution in [0.1, 0.15) is 0 Å². The lowest BCUT2D eigenvalue weighted by Gasteiger charge is -2.26. The fourth-order valence-corrected chi connectivity index (χ4v) is 3.20. The van der Waals surface area contributed by atoms with Crippen molar-refractivity contribution in [1.82, 2.24) is 0 Å². The molecule has 0 aromatic heterocycles. The summed E-state index contributed by atoms with van der Waals surface area (Å²) in [5.41, 5.74) is 3.58. The van der Waals surface area contributed by atoms with E-state index in [2.05, 4.69) is 81.0 Å². The summed E-state index contributed by atoms with van der Waals surface area (Å²) in [6.45, 7) is 0.0907. The van der Waals surface area contributed by atoms with E-state index in [9.17, 15) is 0 Å². The molecule has 20 heavy (non-hydrogen) atoms. The fourth-order valence-electron chi connectivity index (χ4n) is 2.78. The molecule has 0 bridgehead atoms. The van der Waals surface area contributed by atoms with E-state index in [1.165, 1.54) is 27.6 Å². The van der Waals surface area contributed by atoms with Crippen molar-refractivity contribution in [3.05, 3.63) is 65.1 Å². The molecular weight excluding hydrogens is 311 g/mol. The molecule has 2 N–H and O–H groups in total. The predicted octanol–water partition coefficient (Wildman–Crippen LogP) is 3.84. The van der Waals surface area contributed by atoms with Crippen LogP contribution in [0.15, 0.2) is 65.1 Å². The molecule has 0 saturated carbocycles. The lowest BCUT2D eigenvalue weighted by molar-refractivity contribution is 1.59. The number of benzene rings is 3. The summed E-state index contributed by atoms with van der Waals surface area (Å²) in [5, 5.41) is 9.67. The molecule has 3 aromatic rings. The molecule has 0 radical (unpaired) electrons. The van der Waals surface area contributed by atoms with Gasteiger partial charge in [0.25, 0.3) is 0 Å². The van der Waals surface area contributed by atoms with E-state index in [-0.39, 0.29) is 6.98 Å². The fraction of sp³-hybridized carbons (Fsp3) is 0. The van der Waals surface area contributed by atoms with E-state index in [0.717, 1.165) is 4.47 Å². The topological polar surface area (TPSA) is 24.1 Å². The van der Waals surface area contributed by atoms with E-state index in [1.54, 1.807) is 0 Å². The Morgan fingerprint density at radius 1 is 0.800 bits per heavy atom. The lowest BCUT2D eigenvalue weighted by Crippen LogP contribution is -2.47. The zero-order chi connectivity index (χ0) is 13.5. The second-order valence-electron chi connectivity index (χ2n) is 4.99. The highest BCUT2D eigenvalue weighted by atomic mass is 79.9. The molecule has 96 valence electrons. The molecule has 3 aromatic carbocycles. The second kappa shape index (κ2) is 4.56. The van der Waals surface area contributed by atoms with Crippen molar-refractivity contribution in [2.45, 2.75) is 0 Å². The van der Waals surface area contributed by atoms with Crippen LogP contribution in [-0.2, 0) is 0 Å². The van der Waals surface area contributed by atoms with E-state index in [0.29, 0.717) is 0 Å². The average Bonchev–Trinajstić information content (AvgIpc) is 2.48. The van der Waals surface area contributed by atoms with Gasteiger partial charge in [-0.05, 0) is 35.1 Å². The first-order valence-corrected chi connectivity index (χ1v) is 7.41. The van der Waals surface area contributed by atoms with Gasteiger partial charge in [-0.25, -0.2) is 0 Å².